The molecule has 2 rings (SSSR count). The van der Waals surface area contributed by atoms with Crippen molar-refractivity contribution in [3.63, 3.8) is 0 Å². The van der Waals surface area contributed by atoms with Crippen LogP contribution in [-0.4, -0.2) is 231 Å². The van der Waals surface area contributed by atoms with E-state index in [0.29, 0.717) is 11.4 Å². The Morgan fingerprint density at radius 1 is 0.456 bits per heavy atom. The minimum Gasteiger partial charge on any atom is -0.390 e. The van der Waals surface area contributed by atoms with Gasteiger partial charge in [-0.2, -0.15) is 0 Å². The van der Waals surface area contributed by atoms with Gasteiger partial charge in [0.05, 0.1) is 11.1 Å². The van der Waals surface area contributed by atoms with Crippen molar-refractivity contribution in [2.75, 3.05) is 49.3 Å². The van der Waals surface area contributed by atoms with Gasteiger partial charge < -0.3 is 60.7 Å². The smallest absolute Gasteiger partial charge is 0.256 e. The van der Waals surface area contributed by atoms with Crippen molar-refractivity contribution in [3.05, 3.63) is 24.4 Å². The number of rotatable bonds is 16. The molecule has 0 bridgehead atoms. The SMILES string of the molecule is CC[C@@H]1NC(=O)[C@H]([C@H](O)[C@H](C)CC)N(C)C(=O)[C@H](C(C)C)N(C)C(=O)[C@H](CC(C)C)N(C)C(=O)[C@H](CC(C)C)N(C)C(=O)[C@@H](C)NC(=O)[C@H](C)NC(=O)[C@H](CC(C)C)N(C)C(=O)[C@H](C(C)C)NC(=O)[C@H](CC(C)C)N(C)C(=O)[C@@H](Sc2ccccn2)N(C)C1=O. The summed E-state index contributed by atoms with van der Waals surface area (Å²) in [7, 11) is 9.93. The Hall–Kier alpha value is -6.37. The van der Waals surface area contributed by atoms with Crippen LogP contribution in [0.1, 0.15) is 156 Å². The minimum absolute atomic E-state index is 0.0226. The van der Waals surface area contributed by atoms with Crippen molar-refractivity contribution in [2.45, 2.75) is 233 Å². The first-order valence-corrected chi connectivity index (χ1v) is 32.9. The van der Waals surface area contributed by atoms with Crippen LogP contribution in [0.2, 0.25) is 0 Å². The summed E-state index contributed by atoms with van der Waals surface area (Å²) >= 11 is 0.927. The van der Waals surface area contributed by atoms with E-state index < -0.39 is 155 Å². The van der Waals surface area contributed by atoms with Gasteiger partial charge in [0.2, 0.25) is 59.1 Å². The lowest BCUT2D eigenvalue weighted by molar-refractivity contribution is -0.157. The van der Waals surface area contributed by atoms with Gasteiger partial charge in [0.15, 0.2) is 5.37 Å². The Labute approximate surface area is 541 Å². The number of nitrogens with one attached hydrogen (secondary N) is 4. The van der Waals surface area contributed by atoms with Crippen molar-refractivity contribution in [1.82, 2.24) is 60.6 Å². The Balaban J connectivity index is 3.09. The highest BCUT2D eigenvalue weighted by molar-refractivity contribution is 8.00. The summed E-state index contributed by atoms with van der Waals surface area (Å²) in [4.78, 5) is 176. The van der Waals surface area contributed by atoms with E-state index in [1.165, 1.54) is 93.9 Å². The zero-order valence-corrected chi connectivity index (χ0v) is 59.3. The average molecular weight is 1290 g/mol. The molecule has 5 N–H and O–H groups in total. The predicted molar refractivity (Wildman–Crippen MR) is 348 cm³/mol. The number of nitrogens with zero attached hydrogens (tertiary/aromatic N) is 8. The van der Waals surface area contributed by atoms with Crippen molar-refractivity contribution in [3.8, 4) is 0 Å². The van der Waals surface area contributed by atoms with Gasteiger partial charge in [-0.25, -0.2) is 4.98 Å². The number of aliphatic hydroxyl groups excluding tert-OH is 1. The highest BCUT2D eigenvalue weighted by Gasteiger charge is 2.46. The number of amides is 11. The molecule has 1 aromatic heterocycles. The first kappa shape index (κ1) is 79.7. The summed E-state index contributed by atoms with van der Waals surface area (Å²) in [5.41, 5.74) is 0. The van der Waals surface area contributed by atoms with Gasteiger partial charge in [0, 0.05) is 55.5 Å². The molecule has 2 heterocycles. The summed E-state index contributed by atoms with van der Waals surface area (Å²) < 4.78 is 0. The van der Waals surface area contributed by atoms with E-state index in [-0.39, 0.29) is 55.8 Å². The first-order chi connectivity index (χ1) is 41.7. The molecule has 1 fully saturated rings. The Bertz CT molecular complexity index is 2610. The zero-order valence-electron chi connectivity index (χ0n) is 58.4. The average Bonchev–Trinajstić information content (AvgIpc) is 1.65. The summed E-state index contributed by atoms with van der Waals surface area (Å²) in [5.74, 6) is -10.0. The fourth-order valence-corrected chi connectivity index (χ4v) is 12.2. The predicted octanol–water partition coefficient (Wildman–Crippen LogP) is 4.23. The van der Waals surface area contributed by atoms with Crippen LogP contribution in [0.4, 0.5) is 0 Å². The molecule has 24 nitrogen and oxygen atoms in total. The molecular formula is C65H112N12O12S. The number of carbonyl (C=O) groups excluding carboxylic acids is 11. The van der Waals surface area contributed by atoms with Crippen LogP contribution in [0, 0.1) is 41.4 Å². The number of carbonyl (C=O) groups is 11. The molecule has 1 aliphatic rings. The Morgan fingerprint density at radius 2 is 0.889 bits per heavy atom. The zero-order chi connectivity index (χ0) is 69.3. The monoisotopic (exact) mass is 1280 g/mol. The number of hydrogen-bond donors (Lipinski definition) is 5. The van der Waals surface area contributed by atoms with Crippen LogP contribution in [0.25, 0.3) is 0 Å². The van der Waals surface area contributed by atoms with Gasteiger partial charge in [0.1, 0.15) is 60.4 Å². The molecule has 25 heteroatoms. The number of likely N-dealkylation sites (N-methyl/N-ethyl adjacent to an activating group) is 7. The van der Waals surface area contributed by atoms with Crippen LogP contribution in [0.15, 0.2) is 29.4 Å². The quantitative estimate of drug-likeness (QED) is 0.155. The topological polar surface area (TPSA) is 292 Å². The molecule has 13 atom stereocenters. The van der Waals surface area contributed by atoms with Crippen molar-refractivity contribution >= 4 is 76.7 Å². The summed E-state index contributed by atoms with van der Waals surface area (Å²) in [6.45, 7) is 29.9. The fraction of sp³-hybridized carbons (Fsp3) is 0.754. The van der Waals surface area contributed by atoms with E-state index in [0.717, 1.165) is 21.6 Å². The van der Waals surface area contributed by atoms with Crippen LogP contribution < -0.4 is 21.3 Å². The number of hydrogen-bond acceptors (Lipinski definition) is 14. The van der Waals surface area contributed by atoms with Crippen LogP contribution in [-0.2, 0) is 52.7 Å². The highest BCUT2D eigenvalue weighted by atomic mass is 32.2. The standard InChI is InChI=1S/C65H112N12O12S/c1-25-41(15)53(78)52-57(82)69-44(26-2)59(84)77(24)65(90-49-29-27-28-30-66-49)64(89)72(19)46(32-36(5)6)56(81)70-50(39(11)12)62(87)71(18)45(31-35(3)4)55(80)67-42(16)54(79)68-43(17)58(83)73(20)47(33-37(7)8)60(85)74(21)48(34-38(9)10)61(86)75(22)51(40(13)14)63(88)76(52)23/h27-30,35-48,50-53,65,78H,25-26,31-34H2,1-24H3,(H,67,80)(H,68,79)(H,69,82)(H,70,81)/t41-,42+,43-,44+,45+,46+,47+,48+,50+,51+,52+,53-,65-/m1/s1. The molecule has 1 saturated heterocycles. The second-order valence-electron chi connectivity index (χ2n) is 27.0. The summed E-state index contributed by atoms with van der Waals surface area (Å²) in [6.07, 6.45) is 0.911. The van der Waals surface area contributed by atoms with E-state index in [4.69, 9.17) is 0 Å². The molecular weight excluding hydrogens is 1170 g/mol. The molecule has 0 spiro atoms. The molecule has 510 valence electrons. The first-order valence-electron chi connectivity index (χ1n) is 32.0. The van der Waals surface area contributed by atoms with Crippen molar-refractivity contribution in [2.24, 2.45) is 41.4 Å². The van der Waals surface area contributed by atoms with Gasteiger partial charge in [-0.15, -0.1) is 0 Å². The van der Waals surface area contributed by atoms with Crippen LogP contribution in [0.3, 0.4) is 0 Å². The largest absolute Gasteiger partial charge is 0.390 e. The fourth-order valence-electron chi connectivity index (χ4n) is 11.1. The lowest BCUT2D eigenvalue weighted by atomic mass is 9.92. The van der Waals surface area contributed by atoms with Gasteiger partial charge in [-0.3, -0.25) is 52.7 Å². The third-order valence-electron chi connectivity index (χ3n) is 17.0. The minimum atomic E-state index is -1.63. The second kappa shape index (κ2) is 36.0. The van der Waals surface area contributed by atoms with E-state index >= 15 is 28.8 Å². The second-order valence-corrected chi connectivity index (χ2v) is 28.1. The Kier molecular flexibility index (Phi) is 31.9. The molecule has 90 heavy (non-hydrogen) atoms. The maximum Gasteiger partial charge on any atom is 0.256 e. The van der Waals surface area contributed by atoms with E-state index in [9.17, 15) is 29.1 Å². The molecule has 0 saturated carbocycles. The van der Waals surface area contributed by atoms with Gasteiger partial charge in [0.25, 0.3) is 5.91 Å². The van der Waals surface area contributed by atoms with E-state index in [2.05, 4.69) is 26.3 Å². The maximum absolute atomic E-state index is 15.3. The third-order valence-corrected chi connectivity index (χ3v) is 18.2. The lowest BCUT2D eigenvalue weighted by Crippen LogP contribution is -2.64. The molecule has 0 radical (unpaired) electrons. The molecule has 0 unspecified atom stereocenters. The summed E-state index contributed by atoms with van der Waals surface area (Å²) in [6, 6.07) is -7.61. The maximum atomic E-state index is 15.3. The number of aromatic nitrogens is 1. The van der Waals surface area contributed by atoms with Gasteiger partial charge >= 0.3 is 0 Å². The molecule has 0 aliphatic carbocycles. The molecule has 1 aliphatic heterocycles. The molecule has 0 aromatic carbocycles. The van der Waals surface area contributed by atoms with Crippen LogP contribution >= 0.6 is 11.8 Å². The normalized spacial score (nSPS) is 26.8. The van der Waals surface area contributed by atoms with Crippen molar-refractivity contribution < 1.29 is 57.8 Å². The number of aliphatic hydroxyl groups is 1. The van der Waals surface area contributed by atoms with E-state index in [1.807, 2.05) is 55.4 Å². The lowest BCUT2D eigenvalue weighted by Gasteiger charge is -2.41. The Morgan fingerprint density at radius 3 is 1.33 bits per heavy atom. The van der Waals surface area contributed by atoms with Crippen molar-refractivity contribution in [1.29, 1.82) is 0 Å². The third kappa shape index (κ3) is 21.4. The van der Waals surface area contributed by atoms with Gasteiger partial charge in [-0.05, 0) is 99.5 Å². The van der Waals surface area contributed by atoms with E-state index in [1.54, 1.807) is 66.7 Å². The molecule has 1 aromatic rings. The van der Waals surface area contributed by atoms with Crippen LogP contribution in [0.5, 0.6) is 0 Å². The summed E-state index contributed by atoms with van der Waals surface area (Å²) in [5, 5.41) is 22.1. The number of pyridine rings is 1. The highest BCUT2D eigenvalue weighted by Crippen LogP contribution is 2.29. The number of thioether (sulfide) groups is 1. The molecule has 11 amide bonds. The van der Waals surface area contributed by atoms with Gasteiger partial charge in [-0.1, -0.05) is 128 Å².